The second-order valence-corrected chi connectivity index (χ2v) is 6.33. The van der Waals surface area contributed by atoms with Crippen molar-refractivity contribution in [3.05, 3.63) is 60.3 Å². The predicted octanol–water partition coefficient (Wildman–Crippen LogP) is 4.07. The normalized spacial score (nSPS) is 10.5. The zero-order valence-electron chi connectivity index (χ0n) is 14.3. The quantitative estimate of drug-likeness (QED) is 0.703. The number of amides is 1. The summed E-state index contributed by atoms with van der Waals surface area (Å²) >= 11 is 1.63. The van der Waals surface area contributed by atoms with E-state index in [1.54, 1.807) is 36.7 Å². The van der Waals surface area contributed by atoms with Crippen LogP contribution in [0.1, 0.15) is 10.5 Å². The van der Waals surface area contributed by atoms with Crippen molar-refractivity contribution in [3.8, 4) is 17.0 Å². The van der Waals surface area contributed by atoms with Gasteiger partial charge in [0.25, 0.3) is 5.91 Å². The van der Waals surface area contributed by atoms with Gasteiger partial charge in [-0.05, 0) is 54.8 Å². The van der Waals surface area contributed by atoms with Gasteiger partial charge in [-0.2, -0.15) is 5.10 Å². The van der Waals surface area contributed by atoms with Crippen molar-refractivity contribution < 1.29 is 9.53 Å². The zero-order chi connectivity index (χ0) is 17.8. The number of rotatable bonds is 5. The first-order chi connectivity index (χ1) is 12.1. The molecule has 0 atom stereocenters. The number of aromatic nitrogens is 2. The van der Waals surface area contributed by atoms with Gasteiger partial charge in [0, 0.05) is 23.2 Å². The van der Waals surface area contributed by atoms with Crippen molar-refractivity contribution in [1.82, 2.24) is 9.78 Å². The van der Waals surface area contributed by atoms with E-state index in [1.807, 2.05) is 54.8 Å². The Labute approximate surface area is 151 Å². The molecular formula is C19H19N3O2S. The number of benzene rings is 2. The van der Waals surface area contributed by atoms with Crippen molar-refractivity contribution in [2.24, 2.45) is 7.05 Å². The molecule has 0 radical (unpaired) electrons. The highest BCUT2D eigenvalue weighted by molar-refractivity contribution is 7.98. The Hall–Kier alpha value is -2.73. The molecule has 0 fully saturated rings. The molecule has 0 spiro atoms. The van der Waals surface area contributed by atoms with Crippen LogP contribution < -0.4 is 10.1 Å². The van der Waals surface area contributed by atoms with Gasteiger partial charge in [0.2, 0.25) is 0 Å². The van der Waals surface area contributed by atoms with E-state index >= 15 is 0 Å². The van der Waals surface area contributed by atoms with Crippen LogP contribution in [-0.4, -0.2) is 29.1 Å². The van der Waals surface area contributed by atoms with Crippen LogP contribution >= 0.6 is 11.8 Å². The molecule has 5 nitrogen and oxygen atoms in total. The van der Waals surface area contributed by atoms with Crippen LogP contribution in [0.3, 0.4) is 0 Å². The highest BCUT2D eigenvalue weighted by Gasteiger charge is 2.14. The van der Waals surface area contributed by atoms with Gasteiger partial charge in [-0.1, -0.05) is 6.07 Å². The van der Waals surface area contributed by atoms with Gasteiger partial charge in [0.1, 0.15) is 11.4 Å². The highest BCUT2D eigenvalue weighted by atomic mass is 32.2. The summed E-state index contributed by atoms with van der Waals surface area (Å²) in [4.78, 5) is 13.7. The van der Waals surface area contributed by atoms with Crippen molar-refractivity contribution in [3.63, 3.8) is 0 Å². The van der Waals surface area contributed by atoms with Crippen LogP contribution in [0, 0.1) is 0 Å². The van der Waals surface area contributed by atoms with E-state index in [4.69, 9.17) is 4.74 Å². The molecule has 1 heterocycles. The van der Waals surface area contributed by atoms with Crippen molar-refractivity contribution >= 4 is 23.4 Å². The van der Waals surface area contributed by atoms with E-state index in [2.05, 4.69) is 10.4 Å². The maximum absolute atomic E-state index is 12.6. The van der Waals surface area contributed by atoms with Crippen molar-refractivity contribution in [2.45, 2.75) is 4.90 Å². The third kappa shape index (κ3) is 3.85. The van der Waals surface area contributed by atoms with Crippen molar-refractivity contribution in [1.29, 1.82) is 0 Å². The lowest BCUT2D eigenvalue weighted by Gasteiger charge is -2.06. The van der Waals surface area contributed by atoms with E-state index in [-0.39, 0.29) is 5.91 Å². The van der Waals surface area contributed by atoms with Gasteiger partial charge in [-0.15, -0.1) is 11.8 Å². The van der Waals surface area contributed by atoms with Crippen LogP contribution in [0.5, 0.6) is 5.75 Å². The Balaban J connectivity index is 1.82. The van der Waals surface area contributed by atoms with E-state index in [0.717, 1.165) is 27.6 Å². The number of hydrogen-bond donors (Lipinski definition) is 1. The summed E-state index contributed by atoms with van der Waals surface area (Å²) in [5.41, 5.74) is 2.94. The van der Waals surface area contributed by atoms with Crippen LogP contribution in [0.25, 0.3) is 11.3 Å². The summed E-state index contributed by atoms with van der Waals surface area (Å²) in [6.07, 6.45) is 2.00. The topological polar surface area (TPSA) is 56.1 Å². The fraction of sp³-hybridized carbons (Fsp3) is 0.158. The molecule has 25 heavy (non-hydrogen) atoms. The molecule has 1 aromatic heterocycles. The Morgan fingerprint density at radius 2 is 1.92 bits per heavy atom. The largest absolute Gasteiger partial charge is 0.497 e. The van der Waals surface area contributed by atoms with Gasteiger partial charge in [-0.3, -0.25) is 9.48 Å². The van der Waals surface area contributed by atoms with Gasteiger partial charge in [-0.25, -0.2) is 0 Å². The average Bonchev–Trinajstić information content (AvgIpc) is 3.04. The molecule has 0 saturated carbocycles. The number of carbonyl (C=O) groups is 1. The molecule has 3 aromatic rings. The number of nitrogens with one attached hydrogen (secondary N) is 1. The number of hydrogen-bond acceptors (Lipinski definition) is 4. The van der Waals surface area contributed by atoms with Crippen LogP contribution in [0.4, 0.5) is 5.69 Å². The molecule has 0 aliphatic rings. The minimum absolute atomic E-state index is 0.187. The lowest BCUT2D eigenvalue weighted by atomic mass is 10.1. The van der Waals surface area contributed by atoms with E-state index in [0.29, 0.717) is 5.69 Å². The van der Waals surface area contributed by atoms with Crippen LogP contribution in [0.15, 0.2) is 59.5 Å². The number of carbonyl (C=O) groups excluding carboxylic acids is 1. The molecule has 0 unspecified atom stereocenters. The van der Waals surface area contributed by atoms with Gasteiger partial charge >= 0.3 is 0 Å². The highest BCUT2D eigenvalue weighted by Crippen LogP contribution is 2.23. The van der Waals surface area contributed by atoms with E-state index < -0.39 is 0 Å². The van der Waals surface area contributed by atoms with Crippen LogP contribution in [-0.2, 0) is 7.05 Å². The zero-order valence-corrected chi connectivity index (χ0v) is 15.1. The monoisotopic (exact) mass is 353 g/mol. The number of nitrogens with zero attached hydrogens (tertiary/aromatic N) is 2. The van der Waals surface area contributed by atoms with Crippen molar-refractivity contribution in [2.75, 3.05) is 18.7 Å². The van der Waals surface area contributed by atoms with E-state index in [9.17, 15) is 4.79 Å². The summed E-state index contributed by atoms with van der Waals surface area (Å²) in [6, 6.07) is 17.1. The number of methoxy groups -OCH3 is 1. The second-order valence-electron chi connectivity index (χ2n) is 5.45. The second kappa shape index (κ2) is 7.44. The van der Waals surface area contributed by atoms with E-state index in [1.165, 1.54) is 0 Å². The SMILES string of the molecule is COc1ccc(-c2cc(C(=O)Nc3cccc(SC)c3)n(C)n2)cc1. The smallest absolute Gasteiger partial charge is 0.273 e. The Morgan fingerprint density at radius 1 is 1.16 bits per heavy atom. The fourth-order valence-corrected chi connectivity index (χ4v) is 2.94. The van der Waals surface area contributed by atoms with Gasteiger partial charge < -0.3 is 10.1 Å². The molecule has 0 saturated heterocycles. The first-order valence-electron chi connectivity index (χ1n) is 7.74. The number of thioether (sulfide) groups is 1. The summed E-state index contributed by atoms with van der Waals surface area (Å²) in [5, 5.41) is 7.37. The molecule has 3 rings (SSSR count). The molecule has 1 amide bonds. The first-order valence-corrected chi connectivity index (χ1v) is 8.97. The number of anilines is 1. The first kappa shape index (κ1) is 17.1. The summed E-state index contributed by atoms with van der Waals surface area (Å²) in [5.74, 6) is 0.597. The Morgan fingerprint density at radius 3 is 2.60 bits per heavy atom. The third-order valence-corrected chi connectivity index (χ3v) is 4.55. The molecular weight excluding hydrogens is 334 g/mol. The summed E-state index contributed by atoms with van der Waals surface area (Å²) in [6.45, 7) is 0. The molecule has 2 aromatic carbocycles. The molecule has 0 bridgehead atoms. The summed E-state index contributed by atoms with van der Waals surface area (Å²) < 4.78 is 6.76. The maximum atomic E-state index is 12.6. The van der Waals surface area contributed by atoms with Gasteiger partial charge in [0.05, 0.1) is 12.8 Å². The predicted molar refractivity (Wildman–Crippen MR) is 101 cm³/mol. The minimum atomic E-state index is -0.187. The lowest BCUT2D eigenvalue weighted by Crippen LogP contribution is -2.15. The standard InChI is InChI=1S/C19H19N3O2S/c1-22-18(19(23)20-14-5-4-6-16(11-14)25-3)12-17(21-22)13-7-9-15(24-2)10-8-13/h4-12H,1-3H3,(H,20,23). The molecule has 128 valence electrons. The molecule has 6 heteroatoms. The van der Waals surface area contributed by atoms with Crippen LogP contribution in [0.2, 0.25) is 0 Å². The fourth-order valence-electron chi connectivity index (χ4n) is 2.48. The molecule has 0 aliphatic carbocycles. The Kier molecular flexibility index (Phi) is 5.09. The molecule has 1 N–H and O–H groups in total. The third-order valence-electron chi connectivity index (χ3n) is 3.83. The number of aryl methyl sites for hydroxylation is 1. The molecule has 0 aliphatic heterocycles. The number of ether oxygens (including phenoxy) is 1. The summed E-state index contributed by atoms with van der Waals surface area (Å²) in [7, 11) is 3.39. The lowest BCUT2D eigenvalue weighted by molar-refractivity contribution is 0.101. The minimum Gasteiger partial charge on any atom is -0.497 e. The maximum Gasteiger partial charge on any atom is 0.273 e. The van der Waals surface area contributed by atoms with Gasteiger partial charge in [0.15, 0.2) is 0 Å². The Bertz CT molecular complexity index is 888. The average molecular weight is 353 g/mol.